The summed E-state index contributed by atoms with van der Waals surface area (Å²) in [4.78, 5) is 16.7. The van der Waals surface area contributed by atoms with Gasteiger partial charge in [0, 0.05) is 31.7 Å². The Labute approximate surface area is 175 Å². The Morgan fingerprint density at radius 1 is 1.17 bits per heavy atom. The molecule has 30 heavy (non-hydrogen) atoms. The highest BCUT2D eigenvalue weighted by Crippen LogP contribution is 2.28. The highest BCUT2D eigenvalue weighted by atomic mass is 32.2. The van der Waals surface area contributed by atoms with Gasteiger partial charge in [-0.2, -0.15) is 13.7 Å². The molecule has 0 atom stereocenters. The number of nitriles is 1. The average Bonchev–Trinajstić information content (AvgIpc) is 2.74. The van der Waals surface area contributed by atoms with Crippen LogP contribution in [0.3, 0.4) is 0 Å². The van der Waals surface area contributed by atoms with Gasteiger partial charge in [0.15, 0.2) is 0 Å². The van der Waals surface area contributed by atoms with Gasteiger partial charge in [0.1, 0.15) is 10.7 Å². The van der Waals surface area contributed by atoms with Crippen molar-refractivity contribution in [3.05, 3.63) is 59.2 Å². The molecular weight excluding hydrogens is 402 g/mol. The summed E-state index contributed by atoms with van der Waals surface area (Å²) in [5, 5.41) is 12.1. The summed E-state index contributed by atoms with van der Waals surface area (Å²) in [6.07, 6.45) is 0. The van der Waals surface area contributed by atoms with Crippen LogP contribution in [0, 0.1) is 18.3 Å². The Bertz CT molecular complexity index is 1180. The van der Waals surface area contributed by atoms with E-state index in [0.717, 1.165) is 5.56 Å². The van der Waals surface area contributed by atoms with Gasteiger partial charge in [0.05, 0.1) is 23.9 Å². The number of amides is 1. The summed E-state index contributed by atoms with van der Waals surface area (Å²) in [6, 6.07) is 13.9. The molecule has 0 aromatic heterocycles. The first kappa shape index (κ1) is 20.1. The molecule has 1 saturated heterocycles. The summed E-state index contributed by atoms with van der Waals surface area (Å²) < 4.78 is 28.9. The van der Waals surface area contributed by atoms with Crippen molar-refractivity contribution < 1.29 is 13.2 Å². The first-order valence-electron chi connectivity index (χ1n) is 9.59. The largest absolute Gasteiger partial charge is 0.341 e. The number of nitrogens with one attached hydrogen (secondary N) is 1. The lowest BCUT2D eigenvalue weighted by Gasteiger charge is -2.35. The van der Waals surface area contributed by atoms with Crippen LogP contribution in [0.1, 0.15) is 21.5 Å². The minimum absolute atomic E-state index is 0.105. The first-order chi connectivity index (χ1) is 14.4. The number of benzene rings is 2. The second-order valence-corrected chi connectivity index (χ2v) is 8.97. The summed E-state index contributed by atoms with van der Waals surface area (Å²) in [5.41, 5.74) is 2.35. The van der Waals surface area contributed by atoms with Crippen LogP contribution >= 0.6 is 0 Å². The molecule has 0 spiro atoms. The van der Waals surface area contributed by atoms with Crippen molar-refractivity contribution in [2.75, 3.05) is 38.0 Å². The lowest BCUT2D eigenvalue weighted by Crippen LogP contribution is -2.50. The molecule has 154 valence electrons. The van der Waals surface area contributed by atoms with Crippen molar-refractivity contribution in [1.82, 2.24) is 9.80 Å². The summed E-state index contributed by atoms with van der Waals surface area (Å²) >= 11 is 0. The van der Waals surface area contributed by atoms with Crippen LogP contribution in [-0.2, 0) is 10.0 Å². The molecular formula is C21H21N5O3S. The lowest BCUT2D eigenvalue weighted by atomic mass is 10.1. The number of carbonyl (C=O) groups is 1. The smallest absolute Gasteiger partial charge is 0.286 e. The normalized spacial score (nSPS) is 18.0. The molecule has 2 heterocycles. The number of hydrogen-bond donors (Lipinski definition) is 1. The number of anilines is 1. The molecule has 8 nitrogen and oxygen atoms in total. The Morgan fingerprint density at radius 2 is 1.93 bits per heavy atom. The number of carbonyl (C=O) groups excluding carboxylic acids is 1. The van der Waals surface area contributed by atoms with Gasteiger partial charge in [-0.05, 0) is 42.8 Å². The molecule has 0 unspecified atom stereocenters. The van der Waals surface area contributed by atoms with E-state index < -0.39 is 10.0 Å². The zero-order chi connectivity index (χ0) is 21.3. The topological polar surface area (TPSA) is 106 Å². The molecule has 1 amide bonds. The second kappa shape index (κ2) is 7.89. The number of fused-ring (bicyclic) bond motifs is 1. The second-order valence-electron chi connectivity index (χ2n) is 7.40. The molecule has 0 radical (unpaired) electrons. The molecule has 0 saturated carbocycles. The minimum Gasteiger partial charge on any atom is -0.341 e. The predicted molar refractivity (Wildman–Crippen MR) is 113 cm³/mol. The minimum atomic E-state index is -3.72. The van der Waals surface area contributed by atoms with Gasteiger partial charge >= 0.3 is 0 Å². The SMILES string of the molecule is Cc1ccc2c(c1)S(=O)(=O)N=C(CN1CCN(C(=O)c3cccc(C#N)c3)CC1)N2. The van der Waals surface area contributed by atoms with E-state index in [2.05, 4.69) is 14.6 Å². The van der Waals surface area contributed by atoms with Crippen molar-refractivity contribution in [3.63, 3.8) is 0 Å². The predicted octanol–water partition coefficient (Wildman–Crippen LogP) is 1.84. The van der Waals surface area contributed by atoms with E-state index in [1.807, 2.05) is 19.1 Å². The number of hydrogen-bond acceptors (Lipinski definition) is 6. The maximum absolute atomic E-state index is 12.7. The van der Waals surface area contributed by atoms with E-state index in [-0.39, 0.29) is 10.8 Å². The number of rotatable bonds is 3. The average molecular weight is 423 g/mol. The van der Waals surface area contributed by atoms with Crippen molar-refractivity contribution >= 4 is 27.5 Å². The third-order valence-electron chi connectivity index (χ3n) is 5.20. The van der Waals surface area contributed by atoms with Gasteiger partial charge in [-0.1, -0.05) is 12.1 Å². The van der Waals surface area contributed by atoms with Crippen LogP contribution in [0.2, 0.25) is 0 Å². The molecule has 2 aliphatic rings. The number of nitrogens with zero attached hydrogens (tertiary/aromatic N) is 4. The van der Waals surface area contributed by atoms with Crippen molar-refractivity contribution in [3.8, 4) is 6.07 Å². The monoisotopic (exact) mass is 423 g/mol. The number of sulfonamides is 1. The van der Waals surface area contributed by atoms with Crippen molar-refractivity contribution in [2.24, 2.45) is 4.40 Å². The quantitative estimate of drug-likeness (QED) is 0.808. The van der Waals surface area contributed by atoms with E-state index >= 15 is 0 Å². The third-order valence-corrected chi connectivity index (χ3v) is 6.55. The Morgan fingerprint density at radius 3 is 2.67 bits per heavy atom. The van der Waals surface area contributed by atoms with Crippen LogP contribution in [0.15, 0.2) is 51.8 Å². The van der Waals surface area contributed by atoms with Crippen molar-refractivity contribution in [1.29, 1.82) is 5.26 Å². The first-order valence-corrected chi connectivity index (χ1v) is 11.0. The van der Waals surface area contributed by atoms with Crippen LogP contribution in [-0.4, -0.2) is 62.7 Å². The van der Waals surface area contributed by atoms with E-state index in [9.17, 15) is 13.2 Å². The molecule has 9 heteroatoms. The fourth-order valence-corrected chi connectivity index (χ4v) is 4.84. The highest BCUT2D eigenvalue weighted by molar-refractivity contribution is 7.90. The van der Waals surface area contributed by atoms with Gasteiger partial charge in [0.2, 0.25) is 0 Å². The molecule has 2 aliphatic heterocycles. The standard InChI is InChI=1S/C21H21N5O3S/c1-15-5-6-18-19(11-15)30(28,29)24-20(23-18)14-25-7-9-26(10-8-25)21(27)17-4-2-3-16(12-17)13-22/h2-6,11-12H,7-10,14H2,1H3,(H,23,24). The Balaban J connectivity index is 1.40. The van der Waals surface area contributed by atoms with Crippen LogP contribution in [0.4, 0.5) is 5.69 Å². The van der Waals surface area contributed by atoms with Crippen molar-refractivity contribution in [2.45, 2.75) is 11.8 Å². The summed E-state index contributed by atoms with van der Waals surface area (Å²) in [7, 11) is -3.72. The van der Waals surface area contributed by atoms with Gasteiger partial charge in [-0.15, -0.1) is 4.40 Å². The van der Waals surface area contributed by atoms with E-state index in [1.165, 1.54) is 0 Å². The van der Waals surface area contributed by atoms with Gasteiger partial charge < -0.3 is 10.2 Å². The summed E-state index contributed by atoms with van der Waals surface area (Å²) in [6.45, 7) is 4.44. The van der Waals surface area contributed by atoms with Gasteiger partial charge in [0.25, 0.3) is 15.9 Å². The fraction of sp³-hybridized carbons (Fsp3) is 0.286. The third kappa shape index (κ3) is 4.06. The van der Waals surface area contributed by atoms with E-state index in [4.69, 9.17) is 5.26 Å². The molecule has 2 aromatic carbocycles. The number of aryl methyl sites for hydroxylation is 1. The van der Waals surface area contributed by atoms with Crippen LogP contribution in [0.25, 0.3) is 0 Å². The lowest BCUT2D eigenvalue weighted by molar-refractivity contribution is 0.0654. The summed E-state index contributed by atoms with van der Waals surface area (Å²) in [5.74, 6) is 0.277. The zero-order valence-corrected chi connectivity index (χ0v) is 17.3. The molecule has 2 aromatic rings. The van der Waals surface area contributed by atoms with Crippen LogP contribution in [0.5, 0.6) is 0 Å². The molecule has 1 N–H and O–H groups in total. The van der Waals surface area contributed by atoms with E-state index in [1.54, 1.807) is 41.3 Å². The van der Waals surface area contributed by atoms with Gasteiger partial charge in [-0.25, -0.2) is 0 Å². The highest BCUT2D eigenvalue weighted by Gasteiger charge is 2.28. The van der Waals surface area contributed by atoms with Crippen LogP contribution < -0.4 is 5.32 Å². The molecule has 0 aliphatic carbocycles. The van der Waals surface area contributed by atoms with Gasteiger partial charge in [-0.3, -0.25) is 9.69 Å². The molecule has 0 bridgehead atoms. The van der Waals surface area contributed by atoms with E-state index in [0.29, 0.717) is 55.4 Å². The zero-order valence-electron chi connectivity index (χ0n) is 16.5. The number of piperazine rings is 1. The Hall–Kier alpha value is -3.22. The maximum Gasteiger partial charge on any atom is 0.286 e. The number of amidine groups is 1. The fourth-order valence-electron chi connectivity index (χ4n) is 3.61. The Kier molecular flexibility index (Phi) is 5.28. The molecule has 4 rings (SSSR count). The molecule has 1 fully saturated rings. The maximum atomic E-state index is 12.7.